The number of aliphatic imine (C=N–C) groups is 1. The van der Waals surface area contributed by atoms with Crippen LogP contribution in [0.5, 0.6) is 0 Å². The fourth-order valence-electron chi connectivity index (χ4n) is 3.77. The topological polar surface area (TPSA) is 132 Å². The van der Waals surface area contributed by atoms with Crippen molar-refractivity contribution in [2.24, 2.45) is 10.7 Å². The van der Waals surface area contributed by atoms with Gasteiger partial charge in [0.1, 0.15) is 5.82 Å². The van der Waals surface area contributed by atoms with E-state index in [1.807, 2.05) is 50.2 Å². The summed E-state index contributed by atoms with van der Waals surface area (Å²) in [6.45, 7) is 4.70. The minimum absolute atomic E-state index is 0.280. The number of fused-ring (bicyclic) bond motifs is 2. The molecule has 1 aromatic carbocycles. The zero-order chi connectivity index (χ0) is 23.4. The van der Waals surface area contributed by atoms with E-state index >= 15 is 0 Å². The minimum Gasteiger partial charge on any atom is -0.404 e. The number of rotatable bonds is 6. The summed E-state index contributed by atoms with van der Waals surface area (Å²) in [4.78, 5) is 30.0. The number of hydrogen-bond donors (Lipinski definition) is 3. The number of carbonyl (C=O) groups excluding carboxylic acids is 1. The van der Waals surface area contributed by atoms with Crippen LogP contribution in [-0.4, -0.2) is 27.1 Å². The van der Waals surface area contributed by atoms with Crippen LogP contribution in [0.25, 0.3) is 21.8 Å². The largest absolute Gasteiger partial charge is 0.404 e. The van der Waals surface area contributed by atoms with Gasteiger partial charge in [-0.1, -0.05) is 0 Å². The zero-order valence-electron chi connectivity index (χ0n) is 18.5. The predicted octanol–water partition coefficient (Wildman–Crippen LogP) is 3.11. The highest BCUT2D eigenvalue weighted by molar-refractivity contribution is 6.12. The number of benzene rings is 1. The van der Waals surface area contributed by atoms with Crippen molar-refractivity contribution in [2.45, 2.75) is 26.9 Å². The Hall–Kier alpha value is -4.33. The van der Waals surface area contributed by atoms with Gasteiger partial charge in [0.15, 0.2) is 0 Å². The zero-order valence-corrected chi connectivity index (χ0v) is 18.5. The summed E-state index contributed by atoms with van der Waals surface area (Å²) in [5.41, 5.74) is 17.5. The van der Waals surface area contributed by atoms with Gasteiger partial charge in [0, 0.05) is 36.7 Å². The van der Waals surface area contributed by atoms with Crippen LogP contribution in [0.2, 0.25) is 0 Å². The Bertz CT molecular complexity index is 1410. The van der Waals surface area contributed by atoms with E-state index in [0.717, 1.165) is 44.2 Å². The second-order valence-electron chi connectivity index (χ2n) is 7.71. The maximum absolute atomic E-state index is 12.7. The van der Waals surface area contributed by atoms with Gasteiger partial charge < -0.3 is 16.8 Å². The fraction of sp³-hybridized carbons (Fsp3) is 0.160. The Labute approximate surface area is 191 Å². The molecule has 0 atom stereocenters. The summed E-state index contributed by atoms with van der Waals surface area (Å²) >= 11 is 0. The van der Waals surface area contributed by atoms with Gasteiger partial charge in [0.05, 0.1) is 28.8 Å². The Morgan fingerprint density at radius 3 is 2.76 bits per heavy atom. The van der Waals surface area contributed by atoms with E-state index in [-0.39, 0.29) is 11.5 Å². The molecule has 0 spiro atoms. The number of amides is 1. The van der Waals surface area contributed by atoms with Gasteiger partial charge in [0.2, 0.25) is 0 Å². The molecule has 1 amide bonds. The summed E-state index contributed by atoms with van der Waals surface area (Å²) < 4.78 is 0. The lowest BCUT2D eigenvalue weighted by Gasteiger charge is -2.15. The molecule has 5 N–H and O–H groups in total. The van der Waals surface area contributed by atoms with Crippen molar-refractivity contribution >= 4 is 39.7 Å². The molecule has 3 aromatic heterocycles. The van der Waals surface area contributed by atoms with E-state index in [0.29, 0.717) is 18.9 Å². The number of nitrogens with zero attached hydrogens (tertiary/aromatic N) is 4. The number of nitrogens with two attached hydrogens (primary N) is 2. The molecular weight excluding hydrogens is 414 g/mol. The first-order valence-corrected chi connectivity index (χ1v) is 10.5. The average molecular weight is 440 g/mol. The van der Waals surface area contributed by atoms with Crippen molar-refractivity contribution in [1.29, 1.82) is 0 Å². The third-order valence-corrected chi connectivity index (χ3v) is 5.58. The van der Waals surface area contributed by atoms with E-state index in [9.17, 15) is 4.79 Å². The highest BCUT2D eigenvalue weighted by Crippen LogP contribution is 2.27. The number of aryl methyl sites for hydroxylation is 2. The van der Waals surface area contributed by atoms with Crippen LogP contribution in [0.4, 0.5) is 5.82 Å². The Morgan fingerprint density at radius 2 is 1.94 bits per heavy atom. The number of carbonyl (C=O) groups is 1. The quantitative estimate of drug-likeness (QED) is 0.312. The smallest absolute Gasteiger partial charge is 0.254 e. The summed E-state index contributed by atoms with van der Waals surface area (Å²) in [7, 11) is 0. The van der Waals surface area contributed by atoms with Crippen LogP contribution in [0.3, 0.4) is 0 Å². The molecular formula is C25H25N7O. The standard InChI is InChI=1S/C25H25N7O/c1-15-10-20-19(7-9-30-24(20)27)16(2)21(15)14-31-25(33)17(11-26)12-28-13-18-5-6-22-23(32-18)4-3-8-29-22/h3-12H,13-14,26H2,1-2H3,(H2,27,30)(H,31,33)/b17-11+,28-12?. The van der Waals surface area contributed by atoms with Crippen LogP contribution in [-0.2, 0) is 17.9 Å². The second-order valence-corrected chi connectivity index (χ2v) is 7.71. The van der Waals surface area contributed by atoms with Crippen molar-refractivity contribution in [1.82, 2.24) is 20.3 Å². The highest BCUT2D eigenvalue weighted by Gasteiger charge is 2.12. The first-order valence-electron chi connectivity index (χ1n) is 10.5. The second kappa shape index (κ2) is 9.44. The summed E-state index contributed by atoms with van der Waals surface area (Å²) in [5.74, 6) is 0.195. The lowest BCUT2D eigenvalue weighted by molar-refractivity contribution is -0.117. The first kappa shape index (κ1) is 21.9. The highest BCUT2D eigenvalue weighted by atomic mass is 16.1. The molecule has 166 valence electrons. The van der Waals surface area contributed by atoms with Gasteiger partial charge in [-0.2, -0.15) is 0 Å². The van der Waals surface area contributed by atoms with Crippen molar-refractivity contribution in [2.75, 3.05) is 5.73 Å². The van der Waals surface area contributed by atoms with Gasteiger partial charge >= 0.3 is 0 Å². The molecule has 0 aliphatic rings. The number of nitrogen functional groups attached to an aromatic ring is 1. The third kappa shape index (κ3) is 4.64. The number of nitrogens with one attached hydrogen (secondary N) is 1. The van der Waals surface area contributed by atoms with E-state index < -0.39 is 0 Å². The summed E-state index contributed by atoms with van der Waals surface area (Å²) in [6, 6.07) is 11.4. The molecule has 4 rings (SSSR count). The molecule has 0 unspecified atom stereocenters. The first-order chi connectivity index (χ1) is 16.0. The normalized spacial score (nSPS) is 12.0. The Kier molecular flexibility index (Phi) is 6.26. The number of pyridine rings is 3. The van der Waals surface area contributed by atoms with Gasteiger partial charge in [-0.15, -0.1) is 0 Å². The van der Waals surface area contributed by atoms with Crippen LogP contribution < -0.4 is 16.8 Å². The maximum atomic E-state index is 12.7. The molecule has 8 heteroatoms. The SMILES string of the molecule is Cc1cc2c(N)nccc2c(C)c1CNC(=O)/C(C=NCc1ccc2ncccc2n1)=C/N. The predicted molar refractivity (Wildman–Crippen MR) is 131 cm³/mol. The molecule has 0 bridgehead atoms. The molecule has 0 radical (unpaired) electrons. The summed E-state index contributed by atoms with van der Waals surface area (Å²) in [6.07, 6.45) is 6.14. The molecule has 0 fully saturated rings. The van der Waals surface area contributed by atoms with Crippen LogP contribution in [0.1, 0.15) is 22.4 Å². The lowest BCUT2D eigenvalue weighted by Crippen LogP contribution is -2.26. The lowest BCUT2D eigenvalue weighted by atomic mass is 9.96. The van der Waals surface area contributed by atoms with Gasteiger partial charge in [-0.25, -0.2) is 9.97 Å². The molecule has 0 aliphatic heterocycles. The number of anilines is 1. The molecule has 0 saturated heterocycles. The maximum Gasteiger partial charge on any atom is 0.254 e. The van der Waals surface area contributed by atoms with Crippen molar-refractivity contribution in [3.8, 4) is 0 Å². The fourth-order valence-corrected chi connectivity index (χ4v) is 3.77. The molecule has 0 saturated carbocycles. The van der Waals surface area contributed by atoms with Crippen LogP contribution in [0.15, 0.2) is 65.6 Å². The average Bonchev–Trinajstić information content (AvgIpc) is 2.82. The molecule has 0 aliphatic carbocycles. The molecule has 4 aromatic rings. The Morgan fingerprint density at radius 1 is 1.09 bits per heavy atom. The monoisotopic (exact) mass is 439 g/mol. The number of hydrogen-bond acceptors (Lipinski definition) is 7. The van der Waals surface area contributed by atoms with Crippen LogP contribution in [0, 0.1) is 13.8 Å². The van der Waals surface area contributed by atoms with Crippen molar-refractivity contribution in [3.63, 3.8) is 0 Å². The van der Waals surface area contributed by atoms with Crippen LogP contribution >= 0.6 is 0 Å². The van der Waals surface area contributed by atoms with Gasteiger partial charge in [0.25, 0.3) is 5.91 Å². The Balaban J connectivity index is 1.44. The van der Waals surface area contributed by atoms with Crippen molar-refractivity contribution < 1.29 is 4.79 Å². The van der Waals surface area contributed by atoms with Crippen molar-refractivity contribution in [3.05, 3.63) is 82.9 Å². The van der Waals surface area contributed by atoms with E-state index in [1.54, 1.807) is 12.4 Å². The number of aromatic nitrogens is 3. The minimum atomic E-state index is -0.301. The van der Waals surface area contributed by atoms with E-state index in [2.05, 4.69) is 25.3 Å². The van der Waals surface area contributed by atoms with E-state index in [1.165, 1.54) is 12.4 Å². The molecule has 8 nitrogen and oxygen atoms in total. The molecule has 3 heterocycles. The third-order valence-electron chi connectivity index (χ3n) is 5.58. The summed E-state index contributed by atoms with van der Waals surface area (Å²) in [5, 5.41) is 4.87. The van der Waals surface area contributed by atoms with E-state index in [4.69, 9.17) is 11.5 Å². The van der Waals surface area contributed by atoms with Gasteiger partial charge in [-0.05, 0) is 72.3 Å². The van der Waals surface area contributed by atoms with Gasteiger partial charge in [-0.3, -0.25) is 14.8 Å². The molecule has 33 heavy (non-hydrogen) atoms.